The van der Waals surface area contributed by atoms with Crippen molar-refractivity contribution in [1.29, 1.82) is 0 Å². The lowest BCUT2D eigenvalue weighted by Crippen LogP contribution is -2.27. The van der Waals surface area contributed by atoms with Crippen molar-refractivity contribution in [3.63, 3.8) is 0 Å². The Bertz CT molecular complexity index is 463. The highest BCUT2D eigenvalue weighted by molar-refractivity contribution is 6.31. The summed E-state index contributed by atoms with van der Waals surface area (Å²) in [6, 6.07) is 4.84. The molecule has 0 fully saturated rings. The molecule has 1 aromatic carbocycles. The average molecular weight is 270 g/mol. The van der Waals surface area contributed by atoms with E-state index < -0.39 is 0 Å². The summed E-state index contributed by atoms with van der Waals surface area (Å²) in [4.78, 5) is 22.8. The molecule has 1 rings (SSSR count). The molecular weight excluding hydrogens is 254 g/mol. The predicted molar refractivity (Wildman–Crippen MR) is 72.6 cm³/mol. The highest BCUT2D eigenvalue weighted by Gasteiger charge is 2.13. The van der Waals surface area contributed by atoms with Gasteiger partial charge in [-0.3, -0.25) is 9.59 Å². The maximum Gasteiger partial charge on any atom is 0.228 e. The first-order valence-corrected chi connectivity index (χ1v) is 5.90. The molecule has 1 aromatic rings. The number of benzene rings is 1. The lowest BCUT2D eigenvalue weighted by atomic mass is 10.1. The van der Waals surface area contributed by atoms with Gasteiger partial charge in [-0.2, -0.15) is 0 Å². The van der Waals surface area contributed by atoms with Crippen molar-refractivity contribution in [2.24, 2.45) is 11.7 Å². The Balaban J connectivity index is 2.95. The van der Waals surface area contributed by atoms with Gasteiger partial charge < -0.3 is 16.4 Å². The fourth-order valence-corrected chi connectivity index (χ4v) is 1.45. The van der Waals surface area contributed by atoms with E-state index in [1.165, 1.54) is 6.92 Å². The molecule has 18 heavy (non-hydrogen) atoms. The second-order valence-electron chi connectivity index (χ2n) is 4.00. The van der Waals surface area contributed by atoms with Gasteiger partial charge in [0.2, 0.25) is 11.8 Å². The highest BCUT2D eigenvalue weighted by Crippen LogP contribution is 2.26. The predicted octanol–water partition coefficient (Wildman–Crippen LogP) is 1.83. The Morgan fingerprint density at radius 3 is 2.56 bits per heavy atom. The number of carbonyl (C=O) groups is 2. The van der Waals surface area contributed by atoms with Gasteiger partial charge in [0.15, 0.2) is 0 Å². The SMILES string of the molecule is CC(=O)Nc1ccc(Cl)cc1NC(=O)C(C)CN. The summed E-state index contributed by atoms with van der Waals surface area (Å²) in [7, 11) is 0. The fourth-order valence-electron chi connectivity index (χ4n) is 1.28. The molecule has 4 N–H and O–H groups in total. The molecule has 0 aliphatic heterocycles. The lowest BCUT2D eigenvalue weighted by Gasteiger charge is -2.14. The zero-order chi connectivity index (χ0) is 13.7. The molecule has 5 nitrogen and oxygen atoms in total. The fraction of sp³-hybridized carbons (Fsp3) is 0.333. The van der Waals surface area contributed by atoms with Crippen LogP contribution in [0.15, 0.2) is 18.2 Å². The van der Waals surface area contributed by atoms with E-state index >= 15 is 0 Å². The maximum absolute atomic E-state index is 11.7. The molecule has 6 heteroatoms. The number of hydrogen-bond donors (Lipinski definition) is 3. The van der Waals surface area contributed by atoms with Gasteiger partial charge >= 0.3 is 0 Å². The summed E-state index contributed by atoms with van der Waals surface area (Å²) in [6.45, 7) is 3.36. The van der Waals surface area contributed by atoms with Crippen LogP contribution in [0.5, 0.6) is 0 Å². The Morgan fingerprint density at radius 1 is 1.33 bits per heavy atom. The third-order valence-electron chi connectivity index (χ3n) is 2.35. The van der Waals surface area contributed by atoms with Crippen molar-refractivity contribution in [1.82, 2.24) is 0 Å². The number of hydrogen-bond acceptors (Lipinski definition) is 3. The molecule has 1 atom stereocenters. The quantitative estimate of drug-likeness (QED) is 0.780. The number of carbonyl (C=O) groups excluding carboxylic acids is 2. The van der Waals surface area contributed by atoms with Crippen LogP contribution >= 0.6 is 11.6 Å². The minimum absolute atomic E-state index is 0.216. The van der Waals surface area contributed by atoms with Crippen LogP contribution in [0, 0.1) is 5.92 Å². The van der Waals surface area contributed by atoms with Gasteiger partial charge in [-0.15, -0.1) is 0 Å². The van der Waals surface area contributed by atoms with Crippen LogP contribution in [0.4, 0.5) is 11.4 Å². The van der Waals surface area contributed by atoms with Crippen molar-refractivity contribution in [2.45, 2.75) is 13.8 Å². The van der Waals surface area contributed by atoms with Gasteiger partial charge in [0.1, 0.15) is 0 Å². The van der Waals surface area contributed by atoms with Gasteiger partial charge in [0.25, 0.3) is 0 Å². The Kier molecular flexibility index (Phi) is 5.12. The minimum Gasteiger partial charge on any atom is -0.330 e. The van der Waals surface area contributed by atoms with E-state index in [4.69, 9.17) is 17.3 Å². The van der Waals surface area contributed by atoms with E-state index in [9.17, 15) is 9.59 Å². The van der Waals surface area contributed by atoms with E-state index in [2.05, 4.69) is 10.6 Å². The molecule has 0 bridgehead atoms. The van der Waals surface area contributed by atoms with Gasteiger partial charge in [-0.25, -0.2) is 0 Å². The summed E-state index contributed by atoms with van der Waals surface area (Å²) in [5.74, 6) is -0.750. The molecule has 98 valence electrons. The van der Waals surface area contributed by atoms with Gasteiger partial charge in [-0.1, -0.05) is 18.5 Å². The number of rotatable bonds is 4. The second-order valence-corrected chi connectivity index (χ2v) is 4.43. The number of anilines is 2. The van der Waals surface area contributed by atoms with Crippen LogP contribution in [-0.4, -0.2) is 18.4 Å². The summed E-state index contributed by atoms with van der Waals surface area (Å²) in [5.41, 5.74) is 6.38. The molecule has 2 amide bonds. The lowest BCUT2D eigenvalue weighted by molar-refractivity contribution is -0.119. The van der Waals surface area contributed by atoms with Crippen molar-refractivity contribution < 1.29 is 9.59 Å². The molecule has 0 aliphatic carbocycles. The third kappa shape index (κ3) is 4.01. The monoisotopic (exact) mass is 269 g/mol. The van der Waals surface area contributed by atoms with E-state index in [1.54, 1.807) is 25.1 Å². The van der Waals surface area contributed by atoms with Gasteiger partial charge in [0.05, 0.1) is 11.4 Å². The number of amides is 2. The normalized spacial score (nSPS) is 11.8. The zero-order valence-corrected chi connectivity index (χ0v) is 11.0. The summed E-state index contributed by atoms with van der Waals surface area (Å²) in [5, 5.41) is 5.78. The molecule has 0 aliphatic rings. The van der Waals surface area contributed by atoms with E-state index in [0.717, 1.165) is 0 Å². The number of nitrogens with two attached hydrogens (primary N) is 1. The summed E-state index contributed by atoms with van der Waals surface area (Å²) >= 11 is 5.86. The zero-order valence-electron chi connectivity index (χ0n) is 10.3. The molecule has 1 unspecified atom stereocenters. The average Bonchev–Trinajstić information content (AvgIpc) is 2.31. The number of halogens is 1. The first-order valence-electron chi connectivity index (χ1n) is 5.52. The Morgan fingerprint density at radius 2 is 2.00 bits per heavy atom. The van der Waals surface area contributed by atoms with E-state index in [0.29, 0.717) is 16.4 Å². The molecule has 0 spiro atoms. The van der Waals surface area contributed by atoms with Crippen LogP contribution in [0.1, 0.15) is 13.8 Å². The minimum atomic E-state index is -0.311. The van der Waals surface area contributed by atoms with Crippen molar-refractivity contribution in [3.8, 4) is 0 Å². The van der Waals surface area contributed by atoms with E-state index in [1.807, 2.05) is 0 Å². The first kappa shape index (κ1) is 14.5. The Hall–Kier alpha value is -1.59. The third-order valence-corrected chi connectivity index (χ3v) is 2.59. The number of nitrogens with one attached hydrogen (secondary N) is 2. The summed E-state index contributed by atoms with van der Waals surface area (Å²) < 4.78 is 0. The van der Waals surface area contributed by atoms with Crippen molar-refractivity contribution in [3.05, 3.63) is 23.2 Å². The van der Waals surface area contributed by atoms with Gasteiger partial charge in [0, 0.05) is 24.4 Å². The molecule has 0 aromatic heterocycles. The molecule has 0 saturated heterocycles. The largest absolute Gasteiger partial charge is 0.330 e. The maximum atomic E-state index is 11.7. The smallest absolute Gasteiger partial charge is 0.228 e. The summed E-state index contributed by atoms with van der Waals surface area (Å²) in [6.07, 6.45) is 0. The van der Waals surface area contributed by atoms with Crippen LogP contribution in [0.3, 0.4) is 0 Å². The van der Waals surface area contributed by atoms with Crippen LogP contribution in [0.25, 0.3) is 0 Å². The first-order chi connectivity index (χ1) is 8.43. The van der Waals surface area contributed by atoms with E-state index in [-0.39, 0.29) is 24.3 Å². The van der Waals surface area contributed by atoms with Gasteiger partial charge in [-0.05, 0) is 18.2 Å². The molecule has 0 radical (unpaired) electrons. The molecule has 0 heterocycles. The standard InChI is InChI=1S/C12H16ClN3O2/c1-7(6-14)12(18)16-11-5-9(13)3-4-10(11)15-8(2)17/h3-5,7H,6,14H2,1-2H3,(H,15,17)(H,16,18). The van der Waals surface area contributed by atoms with Crippen molar-refractivity contribution >= 4 is 34.8 Å². The molecule has 0 saturated carbocycles. The van der Waals surface area contributed by atoms with Crippen LogP contribution in [-0.2, 0) is 9.59 Å². The highest BCUT2D eigenvalue weighted by atomic mass is 35.5. The van der Waals surface area contributed by atoms with Crippen molar-refractivity contribution in [2.75, 3.05) is 17.2 Å². The topological polar surface area (TPSA) is 84.2 Å². The second kappa shape index (κ2) is 6.37. The van der Waals surface area contributed by atoms with Crippen LogP contribution in [0.2, 0.25) is 5.02 Å². The van der Waals surface area contributed by atoms with Crippen LogP contribution < -0.4 is 16.4 Å². The Labute approximate surface area is 111 Å². The molecular formula is C12H16ClN3O2.